The van der Waals surface area contributed by atoms with E-state index in [0.29, 0.717) is 32.4 Å². The van der Waals surface area contributed by atoms with Crippen molar-refractivity contribution >= 4 is 34.3 Å². The van der Waals surface area contributed by atoms with Crippen LogP contribution in [0.1, 0.15) is 41.7 Å². The molecule has 2 aliphatic rings. The Morgan fingerprint density at radius 3 is 2.76 bits per heavy atom. The van der Waals surface area contributed by atoms with Crippen LogP contribution < -0.4 is 0 Å². The molecule has 6 nitrogen and oxygen atoms in total. The van der Waals surface area contributed by atoms with Gasteiger partial charge in [0.1, 0.15) is 17.5 Å². The molecule has 1 N–H and O–H groups in total. The molecule has 0 bridgehead atoms. The molecular weight excluding hydrogens is 494 g/mol. The lowest BCUT2D eigenvalue weighted by atomic mass is 9.91. The van der Waals surface area contributed by atoms with Gasteiger partial charge in [-0.15, -0.1) is 11.3 Å². The van der Waals surface area contributed by atoms with Crippen LogP contribution in [0.15, 0.2) is 52.7 Å². The molecule has 12 heteroatoms. The van der Waals surface area contributed by atoms with Gasteiger partial charge < -0.3 is 10.0 Å². The summed E-state index contributed by atoms with van der Waals surface area (Å²) in [5.74, 6) is -0.150. The maximum Gasteiger partial charge on any atom is 0.333 e. The number of aliphatic hydroxyl groups is 1. The van der Waals surface area contributed by atoms with Gasteiger partial charge in [0.25, 0.3) is 0 Å². The number of allylic oxidation sites excluding steroid dienone is 1. The van der Waals surface area contributed by atoms with Crippen molar-refractivity contribution in [3.63, 3.8) is 0 Å². The van der Waals surface area contributed by atoms with Crippen LogP contribution in [0.4, 0.5) is 17.6 Å². The van der Waals surface area contributed by atoms with E-state index >= 15 is 4.39 Å². The average Bonchev–Trinajstić information content (AvgIpc) is 3.53. The van der Waals surface area contributed by atoms with Crippen LogP contribution in [0.2, 0.25) is 5.02 Å². The molecular formula is C22H18ClF4N5OS. The average molecular weight is 512 g/mol. The summed E-state index contributed by atoms with van der Waals surface area (Å²) in [6, 6.07) is 4.38. The van der Waals surface area contributed by atoms with E-state index in [2.05, 4.69) is 10.1 Å². The standard InChI is InChI=1S/C22H18ClF4N5OS/c23-14-9-12(24)1-2-13(14)18-17(15-3-6-32(30-15)21(25)26)16-10-22(27,4-7-33)11-31(16)19(29-18)20-28-5-8-34-20/h1-3,5-6,8-9,18,21,33H,4,7,10-11H2/t18-,22-/m0/s1. The molecule has 0 unspecified atom stereocenters. The highest BCUT2D eigenvalue weighted by molar-refractivity contribution is 7.11. The van der Waals surface area contributed by atoms with Gasteiger partial charge in [0.2, 0.25) is 0 Å². The van der Waals surface area contributed by atoms with Crippen molar-refractivity contribution in [1.29, 1.82) is 0 Å². The molecule has 0 radical (unpaired) electrons. The first-order valence-electron chi connectivity index (χ1n) is 10.4. The van der Waals surface area contributed by atoms with Gasteiger partial charge >= 0.3 is 6.55 Å². The lowest BCUT2D eigenvalue weighted by molar-refractivity contribution is 0.0564. The summed E-state index contributed by atoms with van der Waals surface area (Å²) in [7, 11) is 0. The number of alkyl halides is 3. The third-order valence-corrected chi connectivity index (χ3v) is 6.96. The van der Waals surface area contributed by atoms with E-state index < -0.39 is 24.1 Å². The van der Waals surface area contributed by atoms with Crippen molar-refractivity contribution in [2.24, 2.45) is 4.99 Å². The Morgan fingerprint density at radius 2 is 2.12 bits per heavy atom. The molecule has 0 aliphatic carbocycles. The van der Waals surface area contributed by atoms with Crippen molar-refractivity contribution in [1.82, 2.24) is 19.7 Å². The number of aliphatic hydroxyl groups excluding tert-OH is 1. The zero-order valence-electron chi connectivity index (χ0n) is 17.5. The molecule has 1 fully saturated rings. The molecule has 0 spiro atoms. The largest absolute Gasteiger partial charge is 0.396 e. The highest BCUT2D eigenvalue weighted by Gasteiger charge is 2.48. The van der Waals surface area contributed by atoms with Crippen LogP contribution in [-0.2, 0) is 0 Å². The summed E-state index contributed by atoms with van der Waals surface area (Å²) >= 11 is 7.69. The molecule has 5 rings (SSSR count). The Hall–Kier alpha value is -2.76. The fraction of sp³-hybridized carbons (Fsp3) is 0.318. The summed E-state index contributed by atoms with van der Waals surface area (Å²) in [6.07, 6.45) is 2.52. The predicted octanol–water partition coefficient (Wildman–Crippen LogP) is 5.24. The Labute approximate surface area is 200 Å². The van der Waals surface area contributed by atoms with Gasteiger partial charge in [-0.25, -0.2) is 18.4 Å². The van der Waals surface area contributed by atoms with E-state index in [1.165, 1.54) is 29.5 Å². The topological polar surface area (TPSA) is 66.5 Å². The van der Waals surface area contributed by atoms with Crippen molar-refractivity contribution in [2.75, 3.05) is 13.2 Å². The SMILES string of the molecule is OCC[C@]1(F)CC2=C(c3ccn(C(F)F)n3)[C@H](c3ccc(F)cc3Cl)N=C(c3nccs3)N2C1. The fourth-order valence-electron chi connectivity index (χ4n) is 4.39. The minimum atomic E-state index is -2.86. The van der Waals surface area contributed by atoms with Crippen LogP contribution in [0.25, 0.3) is 5.57 Å². The Kier molecular flexibility index (Phi) is 5.95. The number of hydrogen-bond donors (Lipinski definition) is 1. The molecule has 178 valence electrons. The van der Waals surface area contributed by atoms with E-state index in [0.717, 1.165) is 12.3 Å². The minimum absolute atomic E-state index is 0.0898. The van der Waals surface area contributed by atoms with Gasteiger partial charge in [-0.1, -0.05) is 17.7 Å². The van der Waals surface area contributed by atoms with Gasteiger partial charge in [-0.2, -0.15) is 13.9 Å². The molecule has 1 saturated heterocycles. The maximum atomic E-state index is 15.8. The highest BCUT2D eigenvalue weighted by atomic mass is 35.5. The van der Waals surface area contributed by atoms with E-state index in [1.807, 2.05) is 0 Å². The van der Waals surface area contributed by atoms with Gasteiger partial charge in [0.15, 0.2) is 10.8 Å². The smallest absolute Gasteiger partial charge is 0.333 e. The first-order valence-corrected chi connectivity index (χ1v) is 11.6. The van der Waals surface area contributed by atoms with Gasteiger partial charge in [0, 0.05) is 59.1 Å². The zero-order valence-corrected chi connectivity index (χ0v) is 19.1. The maximum absolute atomic E-state index is 15.8. The third kappa shape index (κ3) is 4.01. The number of fused-ring (bicyclic) bond motifs is 1. The molecule has 2 aliphatic heterocycles. The van der Waals surface area contributed by atoms with Gasteiger partial charge in [0.05, 0.1) is 12.2 Å². The summed E-state index contributed by atoms with van der Waals surface area (Å²) in [4.78, 5) is 10.8. The summed E-state index contributed by atoms with van der Waals surface area (Å²) in [6.45, 7) is -3.31. The first-order chi connectivity index (χ1) is 16.3. The molecule has 2 atom stereocenters. The van der Waals surface area contributed by atoms with Gasteiger partial charge in [-0.05, 0) is 18.2 Å². The number of amidine groups is 1. The van der Waals surface area contributed by atoms with E-state index in [9.17, 15) is 18.3 Å². The number of hydrogen-bond acceptors (Lipinski definition) is 6. The number of rotatable bonds is 6. The van der Waals surface area contributed by atoms with Crippen molar-refractivity contribution in [3.8, 4) is 0 Å². The highest BCUT2D eigenvalue weighted by Crippen LogP contribution is 2.49. The number of aromatic nitrogens is 3. The molecule has 1 aromatic carbocycles. The van der Waals surface area contributed by atoms with Crippen LogP contribution in [0, 0.1) is 5.82 Å². The van der Waals surface area contributed by atoms with Crippen molar-refractivity contribution in [3.05, 3.63) is 74.8 Å². The number of nitrogens with zero attached hydrogens (tertiary/aromatic N) is 5. The minimum Gasteiger partial charge on any atom is -0.396 e. The van der Waals surface area contributed by atoms with Crippen LogP contribution in [-0.4, -0.2) is 49.4 Å². The second kappa shape index (κ2) is 8.79. The number of thiazole rings is 1. The number of aliphatic imine (C=N–C) groups is 1. The van der Waals surface area contributed by atoms with E-state index in [-0.39, 0.29) is 36.7 Å². The van der Waals surface area contributed by atoms with E-state index in [4.69, 9.17) is 16.6 Å². The second-order valence-corrected chi connectivity index (χ2v) is 9.37. The second-order valence-electron chi connectivity index (χ2n) is 8.06. The summed E-state index contributed by atoms with van der Waals surface area (Å²) in [5.41, 5.74) is -0.294. The van der Waals surface area contributed by atoms with Crippen molar-refractivity contribution in [2.45, 2.75) is 31.1 Å². The zero-order chi connectivity index (χ0) is 24.0. The number of benzene rings is 1. The van der Waals surface area contributed by atoms with Gasteiger partial charge in [-0.3, -0.25) is 4.99 Å². The third-order valence-electron chi connectivity index (χ3n) is 5.87. The lowest BCUT2D eigenvalue weighted by Crippen LogP contribution is -2.36. The molecule has 3 aromatic rings. The van der Waals surface area contributed by atoms with Crippen LogP contribution >= 0.6 is 22.9 Å². The molecule has 34 heavy (non-hydrogen) atoms. The van der Waals surface area contributed by atoms with E-state index in [1.54, 1.807) is 16.5 Å². The molecule has 0 saturated carbocycles. The normalized spacial score (nSPS) is 22.5. The Morgan fingerprint density at radius 1 is 1.29 bits per heavy atom. The predicted molar refractivity (Wildman–Crippen MR) is 120 cm³/mol. The lowest BCUT2D eigenvalue weighted by Gasteiger charge is -2.32. The fourth-order valence-corrected chi connectivity index (χ4v) is 5.30. The number of halogens is 5. The molecule has 0 amide bonds. The summed E-state index contributed by atoms with van der Waals surface area (Å²) < 4.78 is 56.7. The van der Waals surface area contributed by atoms with Crippen LogP contribution in [0.3, 0.4) is 0 Å². The summed E-state index contributed by atoms with van der Waals surface area (Å²) in [5, 5.41) is 15.8. The Bertz CT molecular complexity index is 1280. The first kappa shape index (κ1) is 23.0. The van der Waals surface area contributed by atoms with Crippen molar-refractivity contribution < 1.29 is 22.7 Å². The monoisotopic (exact) mass is 511 g/mol. The van der Waals surface area contributed by atoms with Crippen LogP contribution in [0.5, 0.6) is 0 Å². The molecule has 4 heterocycles. The molecule has 2 aromatic heterocycles. The Balaban J connectivity index is 1.74. The quantitative estimate of drug-likeness (QED) is 0.460.